The van der Waals surface area contributed by atoms with Gasteiger partial charge < -0.3 is 5.32 Å². The van der Waals surface area contributed by atoms with Crippen LogP contribution in [0, 0.1) is 11.2 Å². The molecule has 1 aliphatic heterocycles. The Balaban J connectivity index is 2.01. The van der Waals surface area contributed by atoms with Gasteiger partial charge in [-0.2, -0.15) is 0 Å². The molecule has 0 aromatic heterocycles. The maximum Gasteiger partial charge on any atom is 0.127 e. The molecule has 2 nitrogen and oxygen atoms in total. The van der Waals surface area contributed by atoms with Crippen LogP contribution in [-0.2, 0) is 6.54 Å². The summed E-state index contributed by atoms with van der Waals surface area (Å²) >= 11 is 3.40. The third-order valence-corrected chi connectivity index (χ3v) is 4.14. The van der Waals surface area contributed by atoms with Gasteiger partial charge in [-0.3, -0.25) is 4.90 Å². The summed E-state index contributed by atoms with van der Waals surface area (Å²) in [6.45, 7) is 6.08. The van der Waals surface area contributed by atoms with Crippen molar-refractivity contribution in [2.75, 3.05) is 26.7 Å². The SMILES string of the molecule is CNCC1(C)CCN(Cc2cc(Br)ccc2F)C1. The number of benzene rings is 1. The summed E-state index contributed by atoms with van der Waals surface area (Å²) in [5.41, 5.74) is 1.09. The number of rotatable bonds is 4. The molecule has 0 aliphatic carbocycles. The largest absolute Gasteiger partial charge is 0.319 e. The lowest BCUT2D eigenvalue weighted by atomic mass is 9.90. The zero-order valence-corrected chi connectivity index (χ0v) is 12.6. The molecule has 1 saturated heterocycles. The van der Waals surface area contributed by atoms with Gasteiger partial charge in [-0.25, -0.2) is 4.39 Å². The highest BCUT2D eigenvalue weighted by Crippen LogP contribution is 2.30. The molecule has 4 heteroatoms. The van der Waals surface area contributed by atoms with Crippen molar-refractivity contribution >= 4 is 15.9 Å². The first-order chi connectivity index (χ1) is 8.52. The van der Waals surface area contributed by atoms with Gasteiger partial charge in [0, 0.05) is 29.7 Å². The van der Waals surface area contributed by atoms with Crippen molar-refractivity contribution in [2.24, 2.45) is 5.41 Å². The maximum atomic E-state index is 13.7. The van der Waals surface area contributed by atoms with Crippen molar-refractivity contribution in [1.29, 1.82) is 0 Å². The molecule has 0 saturated carbocycles. The summed E-state index contributed by atoms with van der Waals surface area (Å²) in [7, 11) is 1.99. The summed E-state index contributed by atoms with van der Waals surface area (Å²) in [6.07, 6.45) is 1.17. The number of hydrogen-bond acceptors (Lipinski definition) is 2. The Kier molecular flexibility index (Phi) is 4.41. The van der Waals surface area contributed by atoms with E-state index >= 15 is 0 Å². The van der Waals surface area contributed by atoms with E-state index in [2.05, 4.69) is 33.1 Å². The molecule has 0 spiro atoms. The highest BCUT2D eigenvalue weighted by Gasteiger charge is 2.33. The predicted octanol–water partition coefficient (Wildman–Crippen LogP) is 3.02. The van der Waals surface area contributed by atoms with E-state index in [1.807, 2.05) is 13.1 Å². The van der Waals surface area contributed by atoms with E-state index in [4.69, 9.17) is 0 Å². The fraction of sp³-hybridized carbons (Fsp3) is 0.571. The van der Waals surface area contributed by atoms with Crippen molar-refractivity contribution in [3.8, 4) is 0 Å². The predicted molar refractivity (Wildman–Crippen MR) is 76.0 cm³/mol. The maximum absolute atomic E-state index is 13.7. The van der Waals surface area contributed by atoms with Crippen LogP contribution >= 0.6 is 15.9 Å². The van der Waals surface area contributed by atoms with E-state index in [9.17, 15) is 4.39 Å². The molecule has 1 atom stereocenters. The number of nitrogens with zero attached hydrogens (tertiary/aromatic N) is 1. The molecule has 1 aliphatic rings. The molecular formula is C14H20BrFN2. The van der Waals surface area contributed by atoms with Crippen LogP contribution in [0.15, 0.2) is 22.7 Å². The van der Waals surface area contributed by atoms with Gasteiger partial charge in [0.05, 0.1) is 0 Å². The minimum atomic E-state index is -0.111. The lowest BCUT2D eigenvalue weighted by Gasteiger charge is -2.24. The first-order valence-electron chi connectivity index (χ1n) is 6.33. The summed E-state index contributed by atoms with van der Waals surface area (Å²) in [5.74, 6) is -0.111. The van der Waals surface area contributed by atoms with Gasteiger partial charge in [-0.1, -0.05) is 22.9 Å². The van der Waals surface area contributed by atoms with Crippen molar-refractivity contribution in [1.82, 2.24) is 10.2 Å². The van der Waals surface area contributed by atoms with E-state index in [0.29, 0.717) is 12.0 Å². The number of hydrogen-bond donors (Lipinski definition) is 1. The highest BCUT2D eigenvalue weighted by molar-refractivity contribution is 9.10. The van der Waals surface area contributed by atoms with Gasteiger partial charge in [0.1, 0.15) is 5.82 Å². The molecule has 1 aromatic carbocycles. The van der Waals surface area contributed by atoms with Gasteiger partial charge in [0.15, 0.2) is 0 Å². The van der Waals surface area contributed by atoms with Crippen LogP contribution in [0.25, 0.3) is 0 Å². The van der Waals surface area contributed by atoms with Crippen LogP contribution in [0.1, 0.15) is 18.9 Å². The second-order valence-electron chi connectivity index (χ2n) is 5.54. The lowest BCUT2D eigenvalue weighted by Crippen LogP contribution is -2.33. The molecule has 0 bridgehead atoms. The third-order valence-electron chi connectivity index (χ3n) is 3.64. The number of halogens is 2. The van der Waals surface area contributed by atoms with E-state index in [1.54, 1.807) is 6.07 Å². The first-order valence-corrected chi connectivity index (χ1v) is 7.13. The van der Waals surface area contributed by atoms with Crippen molar-refractivity contribution in [3.63, 3.8) is 0 Å². The molecule has 2 rings (SSSR count). The standard InChI is InChI=1S/C14H20BrFN2/c1-14(9-17-2)5-6-18(10-14)8-11-7-12(15)3-4-13(11)16/h3-4,7,17H,5-6,8-10H2,1-2H3. The normalized spacial score (nSPS) is 24.7. The number of nitrogens with one attached hydrogen (secondary N) is 1. The van der Waals surface area contributed by atoms with E-state index in [0.717, 1.165) is 29.7 Å². The molecule has 0 amide bonds. The van der Waals surface area contributed by atoms with Gasteiger partial charge in [0.2, 0.25) is 0 Å². The Labute approximate surface area is 117 Å². The molecule has 1 heterocycles. The molecule has 0 radical (unpaired) electrons. The summed E-state index contributed by atoms with van der Waals surface area (Å²) in [4.78, 5) is 2.34. The average Bonchev–Trinajstić information content (AvgIpc) is 2.66. The smallest absolute Gasteiger partial charge is 0.127 e. The molecule has 1 unspecified atom stereocenters. The Morgan fingerprint density at radius 3 is 3.00 bits per heavy atom. The second kappa shape index (κ2) is 5.68. The summed E-state index contributed by atoms with van der Waals surface area (Å²) in [5, 5.41) is 3.25. The highest BCUT2D eigenvalue weighted by atomic mass is 79.9. The second-order valence-corrected chi connectivity index (χ2v) is 6.45. The molecular weight excluding hydrogens is 295 g/mol. The Bertz CT molecular complexity index is 424. The van der Waals surface area contributed by atoms with Crippen LogP contribution in [-0.4, -0.2) is 31.6 Å². The quantitative estimate of drug-likeness (QED) is 0.919. The van der Waals surface area contributed by atoms with E-state index in [1.165, 1.54) is 12.5 Å². The minimum absolute atomic E-state index is 0.111. The molecule has 100 valence electrons. The summed E-state index contributed by atoms with van der Waals surface area (Å²) < 4.78 is 14.6. The Morgan fingerprint density at radius 2 is 2.28 bits per heavy atom. The minimum Gasteiger partial charge on any atom is -0.319 e. The van der Waals surface area contributed by atoms with Gasteiger partial charge in [-0.15, -0.1) is 0 Å². The third kappa shape index (κ3) is 3.31. The zero-order chi connectivity index (χ0) is 13.2. The van der Waals surface area contributed by atoms with Crippen molar-refractivity contribution in [2.45, 2.75) is 19.9 Å². The first kappa shape index (κ1) is 14.0. The fourth-order valence-corrected chi connectivity index (χ4v) is 3.15. The van der Waals surface area contributed by atoms with Crippen LogP contribution in [0.4, 0.5) is 4.39 Å². The van der Waals surface area contributed by atoms with E-state index in [-0.39, 0.29) is 5.82 Å². The topological polar surface area (TPSA) is 15.3 Å². The van der Waals surface area contributed by atoms with Crippen molar-refractivity contribution < 1.29 is 4.39 Å². The molecule has 1 N–H and O–H groups in total. The molecule has 1 fully saturated rings. The van der Waals surface area contributed by atoms with Crippen LogP contribution in [0.5, 0.6) is 0 Å². The monoisotopic (exact) mass is 314 g/mol. The molecule has 1 aromatic rings. The number of likely N-dealkylation sites (tertiary alicyclic amines) is 1. The van der Waals surface area contributed by atoms with Crippen molar-refractivity contribution in [3.05, 3.63) is 34.1 Å². The zero-order valence-electron chi connectivity index (χ0n) is 11.0. The van der Waals surface area contributed by atoms with Gasteiger partial charge in [-0.05, 0) is 43.6 Å². The van der Waals surface area contributed by atoms with Crippen LogP contribution in [0.2, 0.25) is 0 Å². The molecule has 18 heavy (non-hydrogen) atoms. The average molecular weight is 315 g/mol. The van der Waals surface area contributed by atoms with Gasteiger partial charge >= 0.3 is 0 Å². The van der Waals surface area contributed by atoms with Crippen LogP contribution < -0.4 is 5.32 Å². The van der Waals surface area contributed by atoms with Gasteiger partial charge in [0.25, 0.3) is 0 Å². The summed E-state index contributed by atoms with van der Waals surface area (Å²) in [6, 6.07) is 5.15. The lowest BCUT2D eigenvalue weighted by molar-refractivity contribution is 0.263. The van der Waals surface area contributed by atoms with Crippen LogP contribution in [0.3, 0.4) is 0 Å². The van der Waals surface area contributed by atoms with E-state index < -0.39 is 0 Å². The Morgan fingerprint density at radius 1 is 1.50 bits per heavy atom. The Hall–Kier alpha value is -0.450. The fourth-order valence-electron chi connectivity index (χ4n) is 2.74.